The highest BCUT2D eigenvalue weighted by Crippen LogP contribution is 2.31. The van der Waals surface area contributed by atoms with E-state index < -0.39 is 9.84 Å². The third kappa shape index (κ3) is 2.34. The molecule has 110 valence electrons. The van der Waals surface area contributed by atoms with Gasteiger partial charge in [0.05, 0.1) is 24.5 Å². The van der Waals surface area contributed by atoms with Crippen LogP contribution in [0.1, 0.15) is 30.3 Å². The van der Waals surface area contributed by atoms with Crippen LogP contribution in [0.25, 0.3) is 0 Å². The highest BCUT2D eigenvalue weighted by molar-refractivity contribution is 7.91. The maximum atomic E-state index is 11.7. The number of aromatic nitrogens is 2. The maximum absolute atomic E-state index is 11.7. The molecule has 1 aromatic rings. The fourth-order valence-electron chi connectivity index (χ4n) is 3.15. The standard InChI is InChI=1S/C13H18N2O4S/c1-19-13(16)9-2-3-11-6-14-12(15(11)7-9)10-4-5-20(17,18)8-10/h6,9-10H,2-5,7-8H2,1H3. The summed E-state index contributed by atoms with van der Waals surface area (Å²) >= 11 is 0. The van der Waals surface area contributed by atoms with E-state index in [-0.39, 0.29) is 29.3 Å². The second-order valence-electron chi connectivity index (χ2n) is 5.58. The lowest BCUT2D eigenvalue weighted by atomic mass is 9.97. The summed E-state index contributed by atoms with van der Waals surface area (Å²) in [5.74, 6) is 0.833. The molecule has 0 bridgehead atoms. The summed E-state index contributed by atoms with van der Waals surface area (Å²) in [7, 11) is -1.53. The van der Waals surface area contributed by atoms with E-state index >= 15 is 0 Å². The van der Waals surface area contributed by atoms with E-state index in [9.17, 15) is 13.2 Å². The van der Waals surface area contributed by atoms with Gasteiger partial charge >= 0.3 is 5.97 Å². The molecule has 1 fully saturated rings. The molecule has 0 spiro atoms. The normalized spacial score (nSPS) is 28.1. The van der Waals surface area contributed by atoms with Crippen molar-refractivity contribution in [3.8, 4) is 0 Å². The first-order chi connectivity index (χ1) is 9.50. The van der Waals surface area contributed by atoms with Gasteiger partial charge in [0.25, 0.3) is 0 Å². The predicted molar refractivity (Wildman–Crippen MR) is 72.1 cm³/mol. The smallest absolute Gasteiger partial charge is 0.310 e. The number of methoxy groups -OCH3 is 1. The minimum Gasteiger partial charge on any atom is -0.469 e. The lowest BCUT2D eigenvalue weighted by Gasteiger charge is -2.24. The predicted octanol–water partition coefficient (Wildman–Crippen LogP) is 0.521. The van der Waals surface area contributed by atoms with Crippen LogP contribution in [-0.2, 0) is 32.3 Å². The van der Waals surface area contributed by atoms with E-state index in [4.69, 9.17) is 4.74 Å². The summed E-state index contributed by atoms with van der Waals surface area (Å²) in [6, 6.07) is 0. The minimum atomic E-state index is -2.93. The van der Waals surface area contributed by atoms with E-state index in [0.29, 0.717) is 13.0 Å². The Morgan fingerprint density at radius 1 is 1.45 bits per heavy atom. The van der Waals surface area contributed by atoms with Gasteiger partial charge in [-0.2, -0.15) is 0 Å². The van der Waals surface area contributed by atoms with Gasteiger partial charge in [-0.3, -0.25) is 4.79 Å². The number of hydrogen-bond donors (Lipinski definition) is 0. The van der Waals surface area contributed by atoms with Crippen LogP contribution in [-0.4, -0.2) is 42.6 Å². The number of esters is 1. The van der Waals surface area contributed by atoms with Gasteiger partial charge < -0.3 is 9.30 Å². The number of imidazole rings is 1. The van der Waals surface area contributed by atoms with Crippen molar-refractivity contribution in [3.05, 3.63) is 17.7 Å². The van der Waals surface area contributed by atoms with Crippen LogP contribution < -0.4 is 0 Å². The molecule has 6 nitrogen and oxygen atoms in total. The van der Waals surface area contributed by atoms with E-state index in [1.54, 1.807) is 0 Å². The van der Waals surface area contributed by atoms with Crippen LogP contribution in [0.3, 0.4) is 0 Å². The Morgan fingerprint density at radius 2 is 2.25 bits per heavy atom. The van der Waals surface area contributed by atoms with Crippen molar-refractivity contribution < 1.29 is 17.9 Å². The topological polar surface area (TPSA) is 78.3 Å². The molecule has 0 N–H and O–H groups in total. The van der Waals surface area contributed by atoms with Crippen LogP contribution >= 0.6 is 0 Å². The fourth-order valence-corrected chi connectivity index (χ4v) is 4.89. The molecule has 0 amide bonds. The molecule has 0 aliphatic carbocycles. The average Bonchev–Trinajstić information content (AvgIpc) is 2.99. The first kappa shape index (κ1) is 13.6. The van der Waals surface area contributed by atoms with Gasteiger partial charge in [-0.15, -0.1) is 0 Å². The van der Waals surface area contributed by atoms with Crippen molar-refractivity contribution in [3.63, 3.8) is 0 Å². The van der Waals surface area contributed by atoms with Gasteiger partial charge in [0.15, 0.2) is 9.84 Å². The minimum absolute atomic E-state index is 0.0369. The van der Waals surface area contributed by atoms with Crippen LogP contribution in [0, 0.1) is 5.92 Å². The molecule has 0 saturated carbocycles. The summed E-state index contributed by atoms with van der Waals surface area (Å²) in [5.41, 5.74) is 1.09. The number of hydrogen-bond acceptors (Lipinski definition) is 5. The second-order valence-corrected chi connectivity index (χ2v) is 7.81. The average molecular weight is 298 g/mol. The number of nitrogens with zero attached hydrogens (tertiary/aromatic N) is 2. The molecule has 0 radical (unpaired) electrons. The lowest BCUT2D eigenvalue weighted by molar-refractivity contribution is -0.146. The number of carbonyl (C=O) groups excluding carboxylic acids is 1. The molecule has 2 aliphatic rings. The second kappa shape index (κ2) is 4.87. The quantitative estimate of drug-likeness (QED) is 0.744. The number of ether oxygens (including phenoxy) is 1. The van der Waals surface area contributed by atoms with Crippen LogP contribution in [0.2, 0.25) is 0 Å². The lowest BCUT2D eigenvalue weighted by Crippen LogP contribution is -2.29. The van der Waals surface area contributed by atoms with Crippen molar-refractivity contribution in [2.75, 3.05) is 18.6 Å². The molecule has 2 atom stereocenters. The molecule has 1 saturated heterocycles. The highest BCUT2D eigenvalue weighted by atomic mass is 32.2. The molecule has 2 aliphatic heterocycles. The van der Waals surface area contributed by atoms with Crippen molar-refractivity contribution in [1.29, 1.82) is 0 Å². The third-order valence-electron chi connectivity index (χ3n) is 4.25. The zero-order valence-corrected chi connectivity index (χ0v) is 12.2. The summed E-state index contributed by atoms with van der Waals surface area (Å²) in [5, 5.41) is 0. The molecule has 3 rings (SSSR count). The fraction of sp³-hybridized carbons (Fsp3) is 0.692. The zero-order chi connectivity index (χ0) is 14.3. The molecule has 20 heavy (non-hydrogen) atoms. The number of aryl methyl sites for hydroxylation is 1. The van der Waals surface area contributed by atoms with Gasteiger partial charge in [0.2, 0.25) is 0 Å². The highest BCUT2D eigenvalue weighted by Gasteiger charge is 2.35. The van der Waals surface area contributed by atoms with Gasteiger partial charge in [0.1, 0.15) is 5.82 Å². The number of sulfone groups is 1. The van der Waals surface area contributed by atoms with Gasteiger partial charge in [-0.1, -0.05) is 0 Å². The Hall–Kier alpha value is -1.37. The Bertz CT molecular complexity index is 635. The number of carbonyl (C=O) groups is 1. The van der Waals surface area contributed by atoms with E-state index in [1.807, 2.05) is 10.8 Å². The SMILES string of the molecule is COC(=O)C1CCc2cnc(C3CCS(=O)(=O)C3)n2C1. The van der Waals surface area contributed by atoms with Gasteiger partial charge in [-0.25, -0.2) is 13.4 Å². The number of rotatable bonds is 2. The van der Waals surface area contributed by atoms with Gasteiger partial charge in [0, 0.05) is 24.4 Å². The zero-order valence-electron chi connectivity index (χ0n) is 11.4. The Labute approximate surface area is 118 Å². The molecular formula is C13H18N2O4S. The third-order valence-corrected chi connectivity index (χ3v) is 6.02. The molecular weight excluding hydrogens is 280 g/mol. The summed E-state index contributed by atoms with van der Waals surface area (Å²) < 4.78 is 30.1. The Kier molecular flexibility index (Phi) is 3.32. The summed E-state index contributed by atoms with van der Waals surface area (Å²) in [4.78, 5) is 16.1. The van der Waals surface area contributed by atoms with Crippen molar-refractivity contribution in [1.82, 2.24) is 9.55 Å². The van der Waals surface area contributed by atoms with Crippen LogP contribution in [0.15, 0.2) is 6.20 Å². The van der Waals surface area contributed by atoms with Crippen LogP contribution in [0.4, 0.5) is 0 Å². The van der Waals surface area contributed by atoms with E-state index in [0.717, 1.165) is 24.4 Å². The van der Waals surface area contributed by atoms with Crippen molar-refractivity contribution in [2.24, 2.45) is 5.92 Å². The summed E-state index contributed by atoms with van der Waals surface area (Å²) in [6.45, 7) is 0.549. The Balaban J connectivity index is 1.86. The van der Waals surface area contributed by atoms with E-state index in [2.05, 4.69) is 4.98 Å². The maximum Gasteiger partial charge on any atom is 0.310 e. The molecule has 3 heterocycles. The largest absolute Gasteiger partial charge is 0.469 e. The van der Waals surface area contributed by atoms with E-state index in [1.165, 1.54) is 7.11 Å². The monoisotopic (exact) mass is 298 g/mol. The molecule has 1 aromatic heterocycles. The first-order valence-electron chi connectivity index (χ1n) is 6.82. The van der Waals surface area contributed by atoms with Crippen molar-refractivity contribution >= 4 is 15.8 Å². The number of fused-ring (bicyclic) bond motifs is 1. The Morgan fingerprint density at radius 3 is 2.90 bits per heavy atom. The summed E-state index contributed by atoms with van der Waals surface area (Å²) in [6.07, 6.45) is 3.99. The van der Waals surface area contributed by atoms with Crippen molar-refractivity contribution in [2.45, 2.75) is 31.7 Å². The van der Waals surface area contributed by atoms with Gasteiger partial charge in [-0.05, 0) is 19.3 Å². The molecule has 0 aromatic carbocycles. The van der Waals surface area contributed by atoms with Crippen LogP contribution in [0.5, 0.6) is 0 Å². The first-order valence-corrected chi connectivity index (χ1v) is 8.65. The molecule has 2 unspecified atom stereocenters. The molecule has 7 heteroatoms.